The molecule has 6 aromatic carbocycles. The Labute approximate surface area is 342 Å². The number of furan rings is 1. The summed E-state index contributed by atoms with van der Waals surface area (Å²) in [5.74, 6) is -0.258. The van der Waals surface area contributed by atoms with Crippen molar-refractivity contribution in [3.8, 4) is 22.6 Å². The maximum atomic E-state index is 13.9. The molecule has 0 saturated carbocycles. The number of aromatic nitrogens is 3. The number of fused-ring (bicyclic) bond motifs is 6. The first-order valence-electron chi connectivity index (χ1n) is 20.0. The molecule has 0 aliphatic heterocycles. The number of benzene rings is 6. The average Bonchev–Trinajstić information content (AvgIpc) is 3.75. The summed E-state index contributed by atoms with van der Waals surface area (Å²) >= 11 is 0. The van der Waals surface area contributed by atoms with E-state index < -0.39 is 20.8 Å². The van der Waals surface area contributed by atoms with Gasteiger partial charge in [0.15, 0.2) is 0 Å². The molecule has 3 aromatic heterocycles. The molecular weight excluding hydrogens is 874 g/mol. The van der Waals surface area contributed by atoms with Gasteiger partial charge in [-0.05, 0) is 45.9 Å². The van der Waals surface area contributed by atoms with Crippen LogP contribution in [-0.2, 0) is 26.7 Å². The average molecular weight is 920 g/mol. The quantitative estimate of drug-likeness (QED) is 0.123. The van der Waals surface area contributed by atoms with E-state index in [9.17, 15) is 4.39 Å². The zero-order chi connectivity index (χ0) is 41.0. The predicted octanol–water partition coefficient (Wildman–Crippen LogP) is 12.3. The van der Waals surface area contributed by atoms with Gasteiger partial charge in [-0.2, -0.15) is 0 Å². The van der Waals surface area contributed by atoms with Crippen molar-refractivity contribution < 1.29 is 34.4 Å². The zero-order valence-corrected chi connectivity index (χ0v) is 34.7. The maximum absolute atomic E-state index is 13.9. The molecule has 0 saturated heterocycles. The number of hydrogen-bond acceptors (Lipinski definition) is 3. The van der Waals surface area contributed by atoms with E-state index in [0.29, 0.717) is 17.7 Å². The molecular formula is C48H42FIrN3OSi-2. The third kappa shape index (κ3) is 7.57. The molecule has 4 nitrogen and oxygen atoms in total. The van der Waals surface area contributed by atoms with Crippen LogP contribution in [0, 0.1) is 24.8 Å². The number of rotatable bonds is 6. The molecule has 0 fully saturated rings. The summed E-state index contributed by atoms with van der Waals surface area (Å²) in [5, 5.41) is 5.24. The molecule has 55 heavy (non-hydrogen) atoms. The molecule has 0 N–H and O–H groups in total. The molecule has 0 spiro atoms. The van der Waals surface area contributed by atoms with E-state index >= 15 is 0 Å². The molecule has 277 valence electrons. The Kier molecular flexibility index (Phi) is 9.35. The second-order valence-corrected chi connectivity index (χ2v) is 19.9. The van der Waals surface area contributed by atoms with Crippen molar-refractivity contribution >= 4 is 57.0 Å². The van der Waals surface area contributed by atoms with Crippen molar-refractivity contribution in [3.05, 3.63) is 162 Å². The molecule has 7 heteroatoms. The Bertz CT molecular complexity index is 2950. The van der Waals surface area contributed by atoms with Crippen LogP contribution in [0.25, 0.3) is 66.4 Å². The van der Waals surface area contributed by atoms with Crippen LogP contribution in [0.2, 0.25) is 19.6 Å². The van der Waals surface area contributed by atoms with Crippen LogP contribution in [-0.4, -0.2) is 22.6 Å². The summed E-state index contributed by atoms with van der Waals surface area (Å²) in [6.07, 6.45) is 1.89. The molecule has 1 radical (unpaired) electrons. The van der Waals surface area contributed by atoms with Crippen molar-refractivity contribution in [2.24, 2.45) is 0 Å². The fraction of sp³-hybridized carbons (Fsp3) is 0.167. The Morgan fingerprint density at radius 1 is 0.873 bits per heavy atom. The number of halogens is 1. The minimum absolute atomic E-state index is 0. The van der Waals surface area contributed by atoms with Gasteiger partial charge in [0.1, 0.15) is 11.4 Å². The third-order valence-electron chi connectivity index (χ3n) is 9.79. The van der Waals surface area contributed by atoms with Gasteiger partial charge in [0.05, 0.1) is 30.5 Å². The van der Waals surface area contributed by atoms with E-state index in [4.69, 9.17) is 14.9 Å². The van der Waals surface area contributed by atoms with Gasteiger partial charge in [0, 0.05) is 55.2 Å². The van der Waals surface area contributed by atoms with Gasteiger partial charge in [-0.1, -0.05) is 124 Å². The van der Waals surface area contributed by atoms with Crippen LogP contribution in [0.3, 0.4) is 0 Å². The molecule has 9 rings (SSSR count). The van der Waals surface area contributed by atoms with E-state index in [2.05, 4.69) is 77.7 Å². The summed E-state index contributed by atoms with van der Waals surface area (Å²) in [6.45, 7) is 9.04. The number of hydrogen-bond donors (Lipinski definition) is 0. The standard InChI is InChI=1S/C30H18FN2O.C18H24NSi.Ir/c31-21-14-15-23-24-11-6-12-25(29(24)34-27(23)17-21)30-32-28-22-10-5-4-9-20(22)13-16-26(28)33(30)18-19-7-2-1-3-8-19;1-13(2)16-11-17(15-9-7-14(3)8-10-15)19-12-18(16)20(4,5)6;/h1-11,13-17H,18H2;7-9,11-13H,1-6H3;/q2*-1;/i;3D3,13D;. The van der Waals surface area contributed by atoms with Gasteiger partial charge in [-0.25, -0.2) is 4.39 Å². The number of nitrogens with zero attached hydrogens (tertiary/aromatic N) is 3. The monoisotopic (exact) mass is 920 g/mol. The van der Waals surface area contributed by atoms with Crippen LogP contribution in [0.5, 0.6) is 0 Å². The molecule has 0 atom stereocenters. The number of imidazole rings is 1. The van der Waals surface area contributed by atoms with Gasteiger partial charge in [0.25, 0.3) is 0 Å². The summed E-state index contributed by atoms with van der Waals surface area (Å²) in [7, 11) is -1.61. The van der Waals surface area contributed by atoms with E-state index in [0.717, 1.165) is 60.8 Å². The van der Waals surface area contributed by atoms with E-state index in [1.807, 2.05) is 68.6 Å². The SMILES string of the molecule is Fc1ccc2c(c1)oc1c(-c3nc4c5ccccc5ccc4n3Cc3ccccc3)[c-]ccc12.[2H]C([2H])([2H])c1c[c-]c(-c2cc(C([2H])(C)C)c([Si](C)(C)C)cn2)cc1.[Ir]. The van der Waals surface area contributed by atoms with Gasteiger partial charge in [-0.3, -0.25) is 4.98 Å². The number of aryl methyl sites for hydroxylation is 1. The Morgan fingerprint density at radius 2 is 1.67 bits per heavy atom. The molecule has 0 bridgehead atoms. The normalized spacial score (nSPS) is 13.1. The minimum Gasteiger partial charge on any atom is -0.500 e. The van der Waals surface area contributed by atoms with Crippen LogP contribution < -0.4 is 5.19 Å². The van der Waals surface area contributed by atoms with E-state index in [-0.39, 0.29) is 31.5 Å². The first kappa shape index (κ1) is 33.2. The first-order valence-corrected chi connectivity index (χ1v) is 21.5. The molecule has 3 heterocycles. The maximum Gasteiger partial charge on any atom is 0.126 e. The van der Waals surface area contributed by atoms with E-state index in [1.165, 1.54) is 28.9 Å². The van der Waals surface area contributed by atoms with Crippen molar-refractivity contribution in [2.75, 3.05) is 0 Å². The van der Waals surface area contributed by atoms with Crippen LogP contribution in [0.1, 0.15) is 41.9 Å². The Balaban J connectivity index is 0.000000188. The van der Waals surface area contributed by atoms with Gasteiger partial charge in [0.2, 0.25) is 0 Å². The molecule has 0 amide bonds. The van der Waals surface area contributed by atoms with Crippen molar-refractivity contribution in [1.29, 1.82) is 0 Å². The van der Waals surface area contributed by atoms with Gasteiger partial charge < -0.3 is 14.0 Å². The summed E-state index contributed by atoms with van der Waals surface area (Å²) < 4.78 is 53.1. The van der Waals surface area contributed by atoms with E-state index in [1.54, 1.807) is 18.2 Å². The van der Waals surface area contributed by atoms with Crippen molar-refractivity contribution in [3.63, 3.8) is 0 Å². The second-order valence-electron chi connectivity index (χ2n) is 14.9. The summed E-state index contributed by atoms with van der Waals surface area (Å²) in [5.41, 5.74) is 7.84. The summed E-state index contributed by atoms with van der Waals surface area (Å²) in [6, 6.07) is 44.6. The third-order valence-corrected chi connectivity index (χ3v) is 11.8. The largest absolute Gasteiger partial charge is 0.500 e. The fourth-order valence-corrected chi connectivity index (χ4v) is 8.64. The molecule has 0 unspecified atom stereocenters. The molecule has 9 aromatic rings. The van der Waals surface area contributed by atoms with Crippen LogP contribution in [0.4, 0.5) is 4.39 Å². The smallest absolute Gasteiger partial charge is 0.126 e. The topological polar surface area (TPSA) is 43.9 Å². The van der Waals surface area contributed by atoms with Gasteiger partial charge in [-0.15, -0.1) is 53.6 Å². The fourth-order valence-electron chi connectivity index (χ4n) is 7.06. The van der Waals surface area contributed by atoms with Gasteiger partial charge >= 0.3 is 0 Å². The van der Waals surface area contributed by atoms with Crippen LogP contribution >= 0.6 is 0 Å². The molecule has 0 aliphatic rings. The minimum atomic E-state index is -2.13. The van der Waals surface area contributed by atoms with Crippen molar-refractivity contribution in [2.45, 2.75) is 52.8 Å². The zero-order valence-electron chi connectivity index (χ0n) is 35.3. The van der Waals surface area contributed by atoms with Crippen molar-refractivity contribution in [1.82, 2.24) is 14.5 Å². The Hall–Kier alpha value is -5.20. The number of pyridine rings is 1. The Morgan fingerprint density at radius 3 is 2.42 bits per heavy atom. The summed E-state index contributed by atoms with van der Waals surface area (Å²) in [4.78, 5) is 9.70. The predicted molar refractivity (Wildman–Crippen MR) is 225 cm³/mol. The second kappa shape index (κ2) is 15.5. The molecule has 0 aliphatic carbocycles. The van der Waals surface area contributed by atoms with Crippen LogP contribution in [0.15, 0.2) is 132 Å². The first-order chi connectivity index (χ1) is 27.6.